The second-order valence-corrected chi connectivity index (χ2v) is 8.62. The Morgan fingerprint density at radius 2 is 1.86 bits per heavy atom. The summed E-state index contributed by atoms with van der Waals surface area (Å²) in [6.45, 7) is 10.7. The second-order valence-electron chi connectivity index (χ2n) is 8.62. The summed E-state index contributed by atoms with van der Waals surface area (Å²) in [4.78, 5) is 11.4. The van der Waals surface area contributed by atoms with Crippen LogP contribution >= 0.6 is 0 Å². The van der Waals surface area contributed by atoms with Crippen LogP contribution in [-0.2, 0) is 11.2 Å². The molecule has 0 spiro atoms. The van der Waals surface area contributed by atoms with Crippen LogP contribution in [0.1, 0.15) is 62.0 Å². The molecule has 1 aliphatic carbocycles. The van der Waals surface area contributed by atoms with Crippen molar-refractivity contribution < 1.29 is 18.7 Å². The molecule has 3 rings (SSSR count). The summed E-state index contributed by atoms with van der Waals surface area (Å²) in [6.07, 6.45) is 1.16. The van der Waals surface area contributed by atoms with Crippen molar-refractivity contribution in [2.45, 2.75) is 60.0 Å². The number of amides is 1. The number of primary amides is 1. The van der Waals surface area contributed by atoms with Gasteiger partial charge in [-0.2, -0.15) is 0 Å². The van der Waals surface area contributed by atoms with Gasteiger partial charge in [0.2, 0.25) is 0 Å². The minimum atomic E-state index is -0.839. The molecular formula is C24H30FNO3. The Hall–Kier alpha value is -2.56. The predicted molar refractivity (Wildman–Crippen MR) is 113 cm³/mol. The maximum Gasteiger partial charge on any atom is 0.405 e. The lowest BCUT2D eigenvalue weighted by atomic mass is 9.71. The lowest BCUT2D eigenvalue weighted by Crippen LogP contribution is -2.33. The van der Waals surface area contributed by atoms with Crippen LogP contribution in [0.2, 0.25) is 0 Å². The van der Waals surface area contributed by atoms with Crippen molar-refractivity contribution in [3.63, 3.8) is 0 Å². The molecule has 0 fully saturated rings. The summed E-state index contributed by atoms with van der Waals surface area (Å²) in [5, 5.41) is 0. The topological polar surface area (TPSA) is 61.6 Å². The zero-order chi connectivity index (χ0) is 21.3. The Morgan fingerprint density at radius 3 is 2.45 bits per heavy atom. The first-order chi connectivity index (χ1) is 13.6. The monoisotopic (exact) mass is 399 g/mol. The third-order valence-corrected chi connectivity index (χ3v) is 5.72. The highest BCUT2D eigenvalue weighted by Gasteiger charge is 2.39. The van der Waals surface area contributed by atoms with E-state index in [1.165, 1.54) is 6.07 Å². The summed E-state index contributed by atoms with van der Waals surface area (Å²) < 4.78 is 26.4. The molecular weight excluding hydrogens is 369 g/mol. The lowest BCUT2D eigenvalue weighted by molar-refractivity contribution is 0.0145. The van der Waals surface area contributed by atoms with Crippen LogP contribution in [0, 0.1) is 25.1 Å². The normalized spacial score (nSPS) is 17.5. The fourth-order valence-electron chi connectivity index (χ4n) is 4.20. The lowest BCUT2D eigenvalue weighted by Gasteiger charge is -2.39. The van der Waals surface area contributed by atoms with Gasteiger partial charge in [0, 0.05) is 11.0 Å². The van der Waals surface area contributed by atoms with Gasteiger partial charge < -0.3 is 15.2 Å². The number of hydrogen-bond acceptors (Lipinski definition) is 3. The molecule has 0 aromatic heterocycles. The van der Waals surface area contributed by atoms with Gasteiger partial charge in [0.25, 0.3) is 0 Å². The van der Waals surface area contributed by atoms with Crippen molar-refractivity contribution in [1.82, 2.24) is 0 Å². The number of benzene rings is 2. The number of nitrogens with two attached hydrogens (primary N) is 1. The SMILES string of the molecule is CCCOc1c(C)cc(-c2cc3c(cc2F)C(OC(N)=O)C(C)(C)CC3)cc1C. The second kappa shape index (κ2) is 8.05. The van der Waals surface area contributed by atoms with Crippen molar-refractivity contribution in [2.24, 2.45) is 11.1 Å². The van der Waals surface area contributed by atoms with Crippen LogP contribution in [-0.4, -0.2) is 12.7 Å². The van der Waals surface area contributed by atoms with Crippen molar-refractivity contribution in [2.75, 3.05) is 6.61 Å². The number of carbonyl (C=O) groups excluding carboxylic acids is 1. The van der Waals surface area contributed by atoms with Crippen molar-refractivity contribution in [1.29, 1.82) is 0 Å². The molecule has 156 valence electrons. The van der Waals surface area contributed by atoms with Gasteiger partial charge in [-0.1, -0.05) is 20.8 Å². The molecule has 1 unspecified atom stereocenters. The van der Waals surface area contributed by atoms with E-state index >= 15 is 4.39 Å². The molecule has 2 aromatic carbocycles. The standard InChI is InChI=1S/C24H30FNO3/c1-6-9-28-21-14(2)10-17(11-15(21)3)18-12-16-7-8-24(4,5)22(29-23(26)27)19(16)13-20(18)25/h10-13,22H,6-9H2,1-5H3,(H2,26,27). The first-order valence-electron chi connectivity index (χ1n) is 10.2. The summed E-state index contributed by atoms with van der Waals surface area (Å²) in [6, 6.07) is 7.32. The smallest absolute Gasteiger partial charge is 0.405 e. The molecule has 0 saturated heterocycles. The molecule has 29 heavy (non-hydrogen) atoms. The van der Waals surface area contributed by atoms with E-state index in [0.717, 1.165) is 47.3 Å². The quantitative estimate of drug-likeness (QED) is 0.670. The highest BCUT2D eigenvalue weighted by atomic mass is 19.1. The van der Waals surface area contributed by atoms with Gasteiger partial charge in [-0.3, -0.25) is 0 Å². The summed E-state index contributed by atoms with van der Waals surface area (Å²) in [7, 11) is 0. The average molecular weight is 400 g/mol. The molecule has 1 atom stereocenters. The van der Waals surface area contributed by atoms with Gasteiger partial charge in [-0.15, -0.1) is 0 Å². The van der Waals surface area contributed by atoms with Crippen molar-refractivity contribution in [3.8, 4) is 16.9 Å². The molecule has 0 bridgehead atoms. The third kappa shape index (κ3) is 4.24. The maximum absolute atomic E-state index is 15.2. The van der Waals surface area contributed by atoms with E-state index in [9.17, 15) is 4.79 Å². The Balaban J connectivity index is 2.05. The number of rotatable bonds is 5. The van der Waals surface area contributed by atoms with Crippen LogP contribution in [0.4, 0.5) is 9.18 Å². The number of carbonyl (C=O) groups is 1. The molecule has 0 heterocycles. The van der Waals surface area contributed by atoms with Gasteiger partial charge in [-0.05, 0) is 85.2 Å². The Labute approximate surface area is 172 Å². The van der Waals surface area contributed by atoms with E-state index in [0.29, 0.717) is 17.7 Å². The molecule has 0 saturated carbocycles. The molecule has 5 heteroatoms. The van der Waals surface area contributed by atoms with Gasteiger partial charge in [-0.25, -0.2) is 9.18 Å². The van der Waals surface area contributed by atoms with Gasteiger partial charge in [0.05, 0.1) is 6.61 Å². The Kier molecular flexibility index (Phi) is 5.87. The molecule has 2 N–H and O–H groups in total. The summed E-state index contributed by atoms with van der Waals surface area (Å²) >= 11 is 0. The zero-order valence-corrected chi connectivity index (χ0v) is 17.9. The first kappa shape index (κ1) is 21.2. The first-order valence-corrected chi connectivity index (χ1v) is 10.2. The van der Waals surface area contributed by atoms with Crippen molar-refractivity contribution in [3.05, 3.63) is 52.3 Å². The van der Waals surface area contributed by atoms with Crippen LogP contribution in [0.15, 0.2) is 24.3 Å². The fourth-order valence-corrected chi connectivity index (χ4v) is 4.20. The highest BCUT2D eigenvalue weighted by Crippen LogP contribution is 2.47. The van der Waals surface area contributed by atoms with E-state index in [-0.39, 0.29) is 11.2 Å². The number of hydrogen-bond donors (Lipinski definition) is 1. The van der Waals surface area contributed by atoms with Gasteiger partial charge in [0.15, 0.2) is 0 Å². The van der Waals surface area contributed by atoms with Crippen LogP contribution in [0.5, 0.6) is 5.75 Å². The molecule has 1 amide bonds. The highest BCUT2D eigenvalue weighted by molar-refractivity contribution is 5.70. The van der Waals surface area contributed by atoms with Gasteiger partial charge >= 0.3 is 6.09 Å². The van der Waals surface area contributed by atoms with Crippen LogP contribution in [0.3, 0.4) is 0 Å². The van der Waals surface area contributed by atoms with Crippen LogP contribution < -0.4 is 10.5 Å². The van der Waals surface area contributed by atoms with Gasteiger partial charge in [0.1, 0.15) is 17.7 Å². The molecule has 4 nitrogen and oxygen atoms in total. The number of fused-ring (bicyclic) bond motifs is 1. The Bertz CT molecular complexity index is 913. The number of aryl methyl sites for hydroxylation is 3. The maximum atomic E-state index is 15.2. The fraction of sp³-hybridized carbons (Fsp3) is 0.458. The number of ether oxygens (including phenoxy) is 2. The van der Waals surface area contributed by atoms with Crippen LogP contribution in [0.25, 0.3) is 11.1 Å². The molecule has 2 aromatic rings. The molecule has 0 radical (unpaired) electrons. The van der Waals surface area contributed by atoms with E-state index in [1.54, 1.807) is 0 Å². The average Bonchev–Trinajstić information content (AvgIpc) is 2.63. The van der Waals surface area contributed by atoms with E-state index in [2.05, 4.69) is 6.92 Å². The van der Waals surface area contributed by atoms with E-state index in [1.807, 2.05) is 45.9 Å². The summed E-state index contributed by atoms with van der Waals surface area (Å²) in [5.41, 5.74) is 10.0. The van der Waals surface area contributed by atoms with Crippen molar-refractivity contribution >= 4 is 6.09 Å². The Morgan fingerprint density at radius 1 is 1.21 bits per heavy atom. The largest absolute Gasteiger partial charge is 0.493 e. The molecule has 1 aliphatic rings. The van der Waals surface area contributed by atoms with E-state index in [4.69, 9.17) is 15.2 Å². The minimum Gasteiger partial charge on any atom is -0.493 e. The minimum absolute atomic E-state index is 0.304. The zero-order valence-electron chi connectivity index (χ0n) is 17.9. The molecule has 0 aliphatic heterocycles. The third-order valence-electron chi connectivity index (χ3n) is 5.72. The number of halogens is 1. The predicted octanol–water partition coefficient (Wildman–Crippen LogP) is 6.01. The summed E-state index contributed by atoms with van der Waals surface area (Å²) in [5.74, 6) is 0.534. The van der Waals surface area contributed by atoms with E-state index < -0.39 is 12.2 Å².